The fraction of sp³-hybridized carbons (Fsp3) is 0.111. The molecule has 2 aliphatic rings. The number of rotatable bonds is 15. The average molecular weight is 952 g/mol. The lowest BCUT2D eigenvalue weighted by Crippen LogP contribution is -2.43. The Morgan fingerprint density at radius 3 is 1.01 bits per heavy atom. The van der Waals surface area contributed by atoms with Crippen LogP contribution in [0.5, 0.6) is 0 Å². The number of carboxylic acids is 3. The van der Waals surface area contributed by atoms with E-state index in [9.17, 15) is 34.5 Å². The van der Waals surface area contributed by atoms with Crippen molar-refractivity contribution in [3.63, 3.8) is 0 Å². The van der Waals surface area contributed by atoms with Crippen LogP contribution >= 0.6 is 0 Å². The van der Waals surface area contributed by atoms with Crippen LogP contribution in [-0.4, -0.2) is 95.7 Å². The molecule has 0 atom stereocenters. The van der Waals surface area contributed by atoms with E-state index in [1.807, 2.05) is 60.7 Å². The van der Waals surface area contributed by atoms with Crippen LogP contribution in [0.3, 0.4) is 0 Å². The highest BCUT2D eigenvalue weighted by Gasteiger charge is 2.37. The fourth-order valence-electron chi connectivity index (χ4n) is 8.71. The highest BCUT2D eigenvalue weighted by Crippen LogP contribution is 2.39. The van der Waals surface area contributed by atoms with Gasteiger partial charge in [-0.2, -0.15) is 0 Å². The summed E-state index contributed by atoms with van der Waals surface area (Å²) in [5.41, 5.74) is 11.3. The van der Waals surface area contributed by atoms with E-state index < -0.39 is 26.7 Å². The molecule has 9 rings (SSSR count). The van der Waals surface area contributed by atoms with E-state index in [1.54, 1.807) is 94.1 Å². The van der Waals surface area contributed by atoms with Crippen molar-refractivity contribution in [3.8, 4) is 44.5 Å². The SMILES string of the molecule is CO[Si](CCCNC(=O)c1ccc(-c2c3nc(c(-c4ccc(C(=O)O)cc4)c4ccc([nH]4)c(-c4ccc(C(=O)O)cc4)c4nc(c(-c5ccc(C(=O)O)cc5)c5ccc2[nH]5)C=C4)C=C3)cc1)(OC)OC. The Morgan fingerprint density at radius 1 is 0.457 bits per heavy atom. The van der Waals surface area contributed by atoms with Gasteiger partial charge in [-0.15, -0.1) is 0 Å². The van der Waals surface area contributed by atoms with Gasteiger partial charge in [0.05, 0.1) is 39.5 Å². The predicted octanol–water partition coefficient (Wildman–Crippen LogP) is 10.4. The van der Waals surface area contributed by atoms with Crippen LogP contribution in [0.1, 0.15) is 70.6 Å². The molecule has 7 aromatic rings. The first-order valence-electron chi connectivity index (χ1n) is 22.1. The van der Waals surface area contributed by atoms with Crippen molar-refractivity contribution in [3.05, 3.63) is 166 Å². The van der Waals surface area contributed by atoms with Gasteiger partial charge in [0.15, 0.2) is 0 Å². The number of nitrogens with zero attached hydrogens (tertiary/aromatic N) is 2. The van der Waals surface area contributed by atoms with Gasteiger partial charge in [-0.1, -0.05) is 48.5 Å². The van der Waals surface area contributed by atoms with Crippen LogP contribution in [0.4, 0.5) is 0 Å². The Hall–Kier alpha value is -8.54. The minimum atomic E-state index is -2.80. The molecule has 0 saturated carbocycles. The van der Waals surface area contributed by atoms with E-state index in [1.165, 1.54) is 12.1 Å². The molecule has 350 valence electrons. The molecular weight excluding hydrogens is 907 g/mol. The minimum absolute atomic E-state index is 0.119. The number of fused-ring (bicyclic) bond motifs is 8. The maximum atomic E-state index is 13.4. The Balaban J connectivity index is 1.28. The van der Waals surface area contributed by atoms with E-state index in [4.69, 9.17) is 23.2 Å². The molecule has 70 heavy (non-hydrogen) atoms. The van der Waals surface area contributed by atoms with Crippen LogP contribution in [0.15, 0.2) is 121 Å². The second-order valence-electron chi connectivity index (χ2n) is 16.4. The molecular formula is C54H45N5O10Si. The number of carbonyl (C=O) groups is 4. The van der Waals surface area contributed by atoms with Crippen molar-refractivity contribution in [2.75, 3.05) is 27.9 Å². The summed E-state index contributed by atoms with van der Waals surface area (Å²) in [7, 11) is 1.86. The van der Waals surface area contributed by atoms with E-state index >= 15 is 0 Å². The molecule has 4 aromatic carbocycles. The predicted molar refractivity (Wildman–Crippen MR) is 270 cm³/mol. The largest absolute Gasteiger partial charge is 0.500 e. The van der Waals surface area contributed by atoms with Crippen molar-refractivity contribution in [2.45, 2.75) is 12.5 Å². The molecule has 0 spiro atoms. The second kappa shape index (κ2) is 19.6. The van der Waals surface area contributed by atoms with Crippen molar-refractivity contribution < 1.29 is 47.8 Å². The molecule has 6 N–H and O–H groups in total. The van der Waals surface area contributed by atoms with Crippen LogP contribution in [-0.2, 0) is 13.3 Å². The lowest BCUT2D eigenvalue weighted by atomic mass is 10.0. The molecule has 16 heteroatoms. The van der Waals surface area contributed by atoms with Gasteiger partial charge in [-0.3, -0.25) is 4.79 Å². The summed E-state index contributed by atoms with van der Waals surface area (Å²) in [6.45, 7) is 0.380. The van der Waals surface area contributed by atoms with E-state index in [-0.39, 0.29) is 22.6 Å². The van der Waals surface area contributed by atoms with Crippen LogP contribution < -0.4 is 5.32 Å². The summed E-state index contributed by atoms with van der Waals surface area (Å²) in [6.07, 6.45) is 8.16. The van der Waals surface area contributed by atoms with Crippen LogP contribution in [0.2, 0.25) is 6.04 Å². The summed E-state index contributed by atoms with van der Waals surface area (Å²) in [6, 6.07) is 35.1. The van der Waals surface area contributed by atoms with Crippen molar-refractivity contribution >= 4 is 79.0 Å². The van der Waals surface area contributed by atoms with Gasteiger partial charge in [0.25, 0.3) is 5.91 Å². The van der Waals surface area contributed by atoms with Crippen molar-refractivity contribution in [1.82, 2.24) is 25.3 Å². The number of aromatic amines is 2. The summed E-state index contributed by atoms with van der Waals surface area (Å²) in [5, 5.41) is 32.3. The molecule has 2 aliphatic heterocycles. The van der Waals surface area contributed by atoms with Crippen molar-refractivity contribution in [2.24, 2.45) is 0 Å². The number of aromatic carboxylic acids is 3. The van der Waals surface area contributed by atoms with Gasteiger partial charge in [0, 0.05) is 83.8 Å². The molecule has 0 radical (unpaired) electrons. The number of carbonyl (C=O) groups excluding carboxylic acids is 1. The van der Waals surface area contributed by atoms with Gasteiger partial charge in [0.2, 0.25) is 0 Å². The van der Waals surface area contributed by atoms with Crippen LogP contribution in [0.25, 0.3) is 90.9 Å². The number of carboxylic acid groups (broad SMARTS) is 3. The topological polar surface area (TPSA) is 226 Å². The standard InChI is InChI=1S/C54H45N5O10Si/c1-67-70(68-2,69-3)30-4-29-55-51(60)35-13-5-31(6-14-35)47-39-21-23-41(56-39)48(32-7-15-36(16-8-32)52(61)62)43-25-27-45(58-43)50(34-11-19-38(20-12-34)54(65)66)46-28-26-44(59-46)49(42-24-22-40(47)57-42)33-9-17-37(18-10-33)53(63)64/h5-28,56,59H,4,29-30H2,1-3H3,(H,55,60)(H,61,62)(H,63,64)(H,65,66). The molecule has 1 amide bonds. The zero-order valence-corrected chi connectivity index (χ0v) is 39.1. The Labute approximate surface area is 401 Å². The third-order valence-electron chi connectivity index (χ3n) is 12.3. The fourth-order valence-corrected chi connectivity index (χ4v) is 10.4. The Bertz CT molecular complexity index is 3370. The third kappa shape index (κ3) is 9.22. The average Bonchev–Trinajstić information content (AvgIpc) is 4.24. The first-order valence-corrected chi connectivity index (χ1v) is 24.0. The number of aromatic nitrogens is 4. The van der Waals surface area contributed by atoms with Gasteiger partial charge < -0.3 is 43.9 Å². The zero-order chi connectivity index (χ0) is 49.1. The zero-order valence-electron chi connectivity index (χ0n) is 38.1. The Morgan fingerprint density at radius 2 is 0.743 bits per heavy atom. The maximum absolute atomic E-state index is 13.4. The van der Waals surface area contributed by atoms with Crippen molar-refractivity contribution in [1.29, 1.82) is 0 Å². The molecule has 15 nitrogen and oxygen atoms in total. The molecule has 8 bridgehead atoms. The van der Waals surface area contributed by atoms with E-state index in [0.29, 0.717) is 108 Å². The van der Waals surface area contributed by atoms with Gasteiger partial charge in [0.1, 0.15) is 0 Å². The highest BCUT2D eigenvalue weighted by atomic mass is 28.4. The molecule has 0 unspecified atom stereocenters. The molecule has 5 heterocycles. The number of hydrogen-bond acceptors (Lipinski definition) is 9. The number of benzene rings is 4. The van der Waals surface area contributed by atoms with E-state index in [2.05, 4.69) is 15.3 Å². The molecule has 0 saturated heterocycles. The number of amides is 1. The third-order valence-corrected chi connectivity index (χ3v) is 15.2. The molecule has 3 aromatic heterocycles. The monoisotopic (exact) mass is 951 g/mol. The first kappa shape index (κ1) is 46.6. The lowest BCUT2D eigenvalue weighted by molar-refractivity contribution is 0.0686. The summed E-state index contributed by atoms with van der Waals surface area (Å²) in [4.78, 5) is 67.0. The quantitative estimate of drug-likeness (QED) is 0.0417. The normalized spacial score (nSPS) is 12.0. The molecule has 0 fully saturated rings. The Kier molecular flexibility index (Phi) is 13.0. The molecule has 0 aliphatic carbocycles. The lowest BCUT2D eigenvalue weighted by Gasteiger charge is -2.24. The first-order chi connectivity index (χ1) is 33.9. The number of H-pyrrole nitrogens is 2. The maximum Gasteiger partial charge on any atom is 0.500 e. The summed E-state index contributed by atoms with van der Waals surface area (Å²) in [5.74, 6) is -3.44. The van der Waals surface area contributed by atoms with Gasteiger partial charge >= 0.3 is 26.7 Å². The smallest absolute Gasteiger partial charge is 0.478 e. The highest BCUT2D eigenvalue weighted by molar-refractivity contribution is 6.60. The van der Waals surface area contributed by atoms with Crippen LogP contribution in [0, 0.1) is 0 Å². The number of hydrogen-bond donors (Lipinski definition) is 6. The number of nitrogens with one attached hydrogen (secondary N) is 3. The van der Waals surface area contributed by atoms with Gasteiger partial charge in [-0.05, 0) is 126 Å². The minimum Gasteiger partial charge on any atom is -0.478 e. The van der Waals surface area contributed by atoms with Gasteiger partial charge in [-0.25, -0.2) is 24.4 Å². The summed E-state index contributed by atoms with van der Waals surface area (Å²) >= 11 is 0. The van der Waals surface area contributed by atoms with E-state index in [0.717, 1.165) is 5.56 Å². The summed E-state index contributed by atoms with van der Waals surface area (Å²) < 4.78 is 16.6. The second-order valence-corrected chi connectivity index (χ2v) is 19.5.